The Balaban J connectivity index is 1.60. The summed E-state index contributed by atoms with van der Waals surface area (Å²) >= 11 is 7.47. The lowest BCUT2D eigenvalue weighted by Crippen LogP contribution is -2.23. The number of halogens is 4. The third kappa shape index (κ3) is 4.09. The molecule has 0 amide bonds. The molecule has 3 aromatic heterocycles. The van der Waals surface area contributed by atoms with Crippen LogP contribution in [0.2, 0.25) is 5.02 Å². The Morgan fingerprint density at radius 3 is 2.85 bits per heavy atom. The molecule has 170 valence electrons. The van der Waals surface area contributed by atoms with Gasteiger partial charge in [0, 0.05) is 30.7 Å². The van der Waals surface area contributed by atoms with Crippen LogP contribution in [-0.4, -0.2) is 21.1 Å². The minimum Gasteiger partial charge on any atom is -0.323 e. The first kappa shape index (κ1) is 21.9. The van der Waals surface area contributed by atoms with Crippen LogP contribution in [0.3, 0.4) is 0 Å². The van der Waals surface area contributed by atoms with E-state index >= 15 is 0 Å². The van der Waals surface area contributed by atoms with Gasteiger partial charge in [-0.15, -0.1) is 11.3 Å². The second kappa shape index (κ2) is 8.12. The molecule has 0 aliphatic carbocycles. The molecular weight excluding hydrogens is 475 g/mol. The number of aromatic nitrogens is 3. The lowest BCUT2D eigenvalue weighted by atomic mass is 10.0. The highest BCUT2D eigenvalue weighted by Gasteiger charge is 2.36. The van der Waals surface area contributed by atoms with E-state index in [9.17, 15) is 18.0 Å². The SMILES string of the molecule is Cn1ccc2sc(-c3nc(Nc4cc5c(cc4Cl)CNCC5)ncc3C(F)(F)F)cc2c1=O. The summed E-state index contributed by atoms with van der Waals surface area (Å²) in [5.74, 6) is -0.0147. The predicted octanol–water partition coefficient (Wildman–Crippen LogP) is 5.12. The highest BCUT2D eigenvalue weighted by atomic mass is 35.5. The number of alkyl halides is 3. The summed E-state index contributed by atoms with van der Waals surface area (Å²) in [7, 11) is 1.59. The molecule has 1 aromatic carbocycles. The largest absolute Gasteiger partial charge is 0.420 e. The fourth-order valence-electron chi connectivity index (χ4n) is 3.81. The topological polar surface area (TPSA) is 71.8 Å². The van der Waals surface area contributed by atoms with Gasteiger partial charge >= 0.3 is 6.18 Å². The summed E-state index contributed by atoms with van der Waals surface area (Å²) < 4.78 is 43.2. The fourth-order valence-corrected chi connectivity index (χ4v) is 5.09. The van der Waals surface area contributed by atoms with Crippen LogP contribution in [0, 0.1) is 0 Å². The van der Waals surface area contributed by atoms with Crippen LogP contribution in [-0.2, 0) is 26.2 Å². The minimum absolute atomic E-state index is 0.0147. The summed E-state index contributed by atoms with van der Waals surface area (Å²) in [5.41, 5.74) is 1.16. The van der Waals surface area contributed by atoms with Crippen molar-refractivity contribution in [2.24, 2.45) is 7.05 Å². The molecule has 1 aliphatic rings. The van der Waals surface area contributed by atoms with Crippen LogP contribution >= 0.6 is 22.9 Å². The Kier molecular flexibility index (Phi) is 5.38. The van der Waals surface area contributed by atoms with Gasteiger partial charge in [0.1, 0.15) is 5.56 Å². The average molecular weight is 492 g/mol. The highest BCUT2D eigenvalue weighted by molar-refractivity contribution is 7.22. The molecule has 4 aromatic rings. The van der Waals surface area contributed by atoms with Gasteiger partial charge in [0.25, 0.3) is 5.56 Å². The maximum absolute atomic E-state index is 13.8. The van der Waals surface area contributed by atoms with Gasteiger partial charge < -0.3 is 15.2 Å². The third-order valence-electron chi connectivity index (χ3n) is 5.51. The number of fused-ring (bicyclic) bond motifs is 2. The van der Waals surface area contributed by atoms with Crippen LogP contribution in [0.25, 0.3) is 20.7 Å². The number of benzene rings is 1. The lowest BCUT2D eigenvalue weighted by Gasteiger charge is -2.19. The van der Waals surface area contributed by atoms with Crippen molar-refractivity contribution in [3.05, 3.63) is 68.7 Å². The molecule has 6 nitrogen and oxygen atoms in total. The van der Waals surface area contributed by atoms with Gasteiger partial charge in [0.15, 0.2) is 0 Å². The standard InChI is InChI=1S/C22H17ClF3N5OS/c1-31-5-3-17-13(20(31)32)8-18(33-17)19-14(22(24,25)26)10-28-21(30-19)29-16-7-11-2-4-27-9-12(11)6-15(16)23/h3,5-8,10,27H,2,4,9H2,1H3,(H,28,29,30). The molecule has 1 aliphatic heterocycles. The summed E-state index contributed by atoms with van der Waals surface area (Å²) in [6.45, 7) is 1.54. The maximum atomic E-state index is 13.8. The molecular formula is C22H17ClF3N5OS. The molecule has 0 bridgehead atoms. The van der Waals surface area contributed by atoms with Gasteiger partial charge in [-0.2, -0.15) is 13.2 Å². The second-order valence-electron chi connectivity index (χ2n) is 7.73. The van der Waals surface area contributed by atoms with Gasteiger partial charge in [0.05, 0.1) is 26.7 Å². The van der Waals surface area contributed by atoms with E-state index in [2.05, 4.69) is 20.6 Å². The molecule has 0 saturated heterocycles. The molecule has 11 heteroatoms. The monoisotopic (exact) mass is 491 g/mol. The third-order valence-corrected chi connectivity index (χ3v) is 6.93. The zero-order chi connectivity index (χ0) is 23.3. The molecule has 0 spiro atoms. The van der Waals surface area contributed by atoms with E-state index in [1.807, 2.05) is 12.1 Å². The van der Waals surface area contributed by atoms with Gasteiger partial charge in [-0.3, -0.25) is 4.79 Å². The first-order valence-electron chi connectivity index (χ1n) is 10.0. The summed E-state index contributed by atoms with van der Waals surface area (Å²) in [6, 6.07) is 6.85. The fraction of sp³-hybridized carbons (Fsp3) is 0.227. The van der Waals surface area contributed by atoms with Crippen LogP contribution < -0.4 is 16.2 Å². The molecule has 0 fully saturated rings. The molecule has 4 heterocycles. The number of hydrogen-bond acceptors (Lipinski definition) is 6. The van der Waals surface area contributed by atoms with E-state index in [4.69, 9.17) is 11.6 Å². The Morgan fingerprint density at radius 2 is 2.06 bits per heavy atom. The van der Waals surface area contributed by atoms with Crippen molar-refractivity contribution in [2.75, 3.05) is 11.9 Å². The minimum atomic E-state index is -4.66. The Morgan fingerprint density at radius 1 is 1.24 bits per heavy atom. The van der Waals surface area contributed by atoms with Crippen molar-refractivity contribution in [3.63, 3.8) is 0 Å². The maximum Gasteiger partial charge on any atom is 0.420 e. The number of anilines is 2. The zero-order valence-electron chi connectivity index (χ0n) is 17.3. The smallest absolute Gasteiger partial charge is 0.323 e. The zero-order valence-corrected chi connectivity index (χ0v) is 18.8. The van der Waals surface area contributed by atoms with Crippen molar-refractivity contribution in [1.82, 2.24) is 19.9 Å². The van der Waals surface area contributed by atoms with E-state index in [1.165, 1.54) is 10.6 Å². The average Bonchev–Trinajstić information content (AvgIpc) is 3.21. The quantitative estimate of drug-likeness (QED) is 0.416. The van der Waals surface area contributed by atoms with Crippen molar-refractivity contribution in [3.8, 4) is 10.6 Å². The molecule has 0 atom stereocenters. The van der Waals surface area contributed by atoms with Gasteiger partial charge in [-0.25, -0.2) is 9.97 Å². The highest BCUT2D eigenvalue weighted by Crippen LogP contribution is 2.40. The number of thiophene rings is 1. The van der Waals surface area contributed by atoms with Crippen molar-refractivity contribution in [1.29, 1.82) is 0 Å². The van der Waals surface area contributed by atoms with Gasteiger partial charge in [-0.1, -0.05) is 11.6 Å². The molecule has 33 heavy (non-hydrogen) atoms. The predicted molar refractivity (Wildman–Crippen MR) is 123 cm³/mol. The molecule has 5 rings (SSSR count). The number of pyridine rings is 1. The first-order chi connectivity index (χ1) is 15.7. The van der Waals surface area contributed by atoms with E-state index in [1.54, 1.807) is 19.3 Å². The molecule has 0 saturated carbocycles. The normalized spacial score (nSPS) is 13.8. The van der Waals surface area contributed by atoms with Crippen LogP contribution in [0.4, 0.5) is 24.8 Å². The van der Waals surface area contributed by atoms with Crippen molar-refractivity contribution >= 4 is 44.7 Å². The van der Waals surface area contributed by atoms with Crippen molar-refractivity contribution in [2.45, 2.75) is 19.1 Å². The molecule has 0 radical (unpaired) electrons. The Hall–Kier alpha value is -2.95. The number of aryl methyl sites for hydroxylation is 1. The Bertz CT molecular complexity index is 1450. The lowest BCUT2D eigenvalue weighted by molar-refractivity contribution is -0.137. The number of nitrogens with zero attached hydrogens (tertiary/aromatic N) is 3. The molecule has 2 N–H and O–H groups in total. The number of nitrogens with one attached hydrogen (secondary N) is 2. The summed E-state index contributed by atoms with van der Waals surface area (Å²) in [5, 5.41) is 7.00. The van der Waals surface area contributed by atoms with E-state index in [0.29, 0.717) is 27.3 Å². The summed E-state index contributed by atoms with van der Waals surface area (Å²) in [6.07, 6.45) is -1.51. The van der Waals surface area contributed by atoms with Crippen LogP contribution in [0.5, 0.6) is 0 Å². The number of rotatable bonds is 3. The van der Waals surface area contributed by atoms with Gasteiger partial charge in [-0.05, 0) is 48.4 Å². The van der Waals surface area contributed by atoms with Crippen LogP contribution in [0.1, 0.15) is 16.7 Å². The van der Waals surface area contributed by atoms with Crippen LogP contribution in [0.15, 0.2) is 41.5 Å². The first-order valence-corrected chi connectivity index (χ1v) is 11.2. The van der Waals surface area contributed by atoms with E-state index < -0.39 is 11.7 Å². The van der Waals surface area contributed by atoms with E-state index in [-0.39, 0.29) is 22.1 Å². The van der Waals surface area contributed by atoms with Gasteiger partial charge in [0.2, 0.25) is 5.95 Å². The molecule has 0 unspecified atom stereocenters. The van der Waals surface area contributed by atoms with E-state index in [0.717, 1.165) is 41.6 Å². The Labute approximate surface area is 195 Å². The second-order valence-corrected chi connectivity index (χ2v) is 9.22. The summed E-state index contributed by atoms with van der Waals surface area (Å²) in [4.78, 5) is 20.7. The van der Waals surface area contributed by atoms with Crippen molar-refractivity contribution < 1.29 is 13.2 Å². The number of hydrogen-bond donors (Lipinski definition) is 2.